The van der Waals surface area contributed by atoms with Gasteiger partial charge in [-0.15, -0.1) is 0 Å². The van der Waals surface area contributed by atoms with Crippen LogP contribution >= 0.6 is 0 Å². The minimum Gasteiger partial charge on any atom is -0.340 e. The first kappa shape index (κ1) is 22.3. The summed E-state index contributed by atoms with van der Waals surface area (Å²) >= 11 is 0. The van der Waals surface area contributed by atoms with Crippen LogP contribution in [0.25, 0.3) is 11.2 Å². The molecule has 0 bridgehead atoms. The van der Waals surface area contributed by atoms with E-state index in [0.717, 1.165) is 64.5 Å². The maximum absolute atomic E-state index is 12.7. The predicted molar refractivity (Wildman–Crippen MR) is 128 cm³/mol. The van der Waals surface area contributed by atoms with E-state index in [2.05, 4.69) is 52.9 Å². The van der Waals surface area contributed by atoms with Gasteiger partial charge in [0.1, 0.15) is 0 Å². The van der Waals surface area contributed by atoms with E-state index in [1.54, 1.807) is 7.05 Å². The van der Waals surface area contributed by atoms with Gasteiger partial charge in [-0.2, -0.15) is 4.98 Å². The van der Waals surface area contributed by atoms with E-state index in [4.69, 9.17) is 4.98 Å². The lowest BCUT2D eigenvalue weighted by molar-refractivity contribution is 0.248. The lowest BCUT2D eigenvalue weighted by Crippen LogP contribution is -2.46. The summed E-state index contributed by atoms with van der Waals surface area (Å²) in [5, 5.41) is 0. The van der Waals surface area contributed by atoms with Crippen molar-refractivity contribution in [3.8, 4) is 0 Å². The van der Waals surface area contributed by atoms with Crippen LogP contribution in [0.2, 0.25) is 0 Å². The molecule has 1 aliphatic heterocycles. The van der Waals surface area contributed by atoms with Crippen molar-refractivity contribution in [1.29, 1.82) is 0 Å². The van der Waals surface area contributed by atoms with E-state index in [0.29, 0.717) is 11.2 Å². The number of nitrogens with one attached hydrogen (secondary N) is 1. The molecule has 0 atom stereocenters. The molecule has 0 spiro atoms. The summed E-state index contributed by atoms with van der Waals surface area (Å²) in [6.45, 7) is 9.54. The topological polar surface area (TPSA) is 79.2 Å². The molecular weight excluding hydrogens is 404 g/mol. The molecule has 0 radical (unpaired) electrons. The molecule has 3 aromatic rings. The van der Waals surface area contributed by atoms with Gasteiger partial charge in [0.2, 0.25) is 5.95 Å². The van der Waals surface area contributed by atoms with Gasteiger partial charge >= 0.3 is 5.69 Å². The van der Waals surface area contributed by atoms with Crippen molar-refractivity contribution >= 4 is 17.1 Å². The number of piperazine rings is 1. The van der Waals surface area contributed by atoms with Gasteiger partial charge < -0.3 is 9.47 Å². The highest BCUT2D eigenvalue weighted by Gasteiger charge is 2.24. The van der Waals surface area contributed by atoms with Crippen molar-refractivity contribution in [1.82, 2.24) is 24.0 Å². The average molecular weight is 439 g/mol. The van der Waals surface area contributed by atoms with Gasteiger partial charge in [-0.05, 0) is 18.9 Å². The van der Waals surface area contributed by atoms with Crippen molar-refractivity contribution in [2.75, 3.05) is 31.1 Å². The number of anilines is 1. The van der Waals surface area contributed by atoms with Gasteiger partial charge in [0, 0.05) is 46.3 Å². The smallest absolute Gasteiger partial charge is 0.329 e. The monoisotopic (exact) mass is 438 g/mol. The van der Waals surface area contributed by atoms with Crippen LogP contribution in [0.1, 0.15) is 43.7 Å². The first-order valence-electron chi connectivity index (χ1n) is 11.7. The summed E-state index contributed by atoms with van der Waals surface area (Å²) < 4.78 is 3.47. The van der Waals surface area contributed by atoms with Crippen molar-refractivity contribution in [3.63, 3.8) is 0 Å². The quantitative estimate of drug-likeness (QED) is 0.547. The Bertz CT molecular complexity index is 1180. The summed E-state index contributed by atoms with van der Waals surface area (Å²) in [5.41, 5.74) is 2.81. The van der Waals surface area contributed by atoms with Gasteiger partial charge in [-0.25, -0.2) is 4.79 Å². The van der Waals surface area contributed by atoms with Crippen LogP contribution in [0.15, 0.2) is 33.9 Å². The van der Waals surface area contributed by atoms with E-state index < -0.39 is 5.69 Å². The van der Waals surface area contributed by atoms with Gasteiger partial charge in [0.05, 0.1) is 0 Å². The lowest BCUT2D eigenvalue weighted by atomic mass is 10.1. The van der Waals surface area contributed by atoms with Crippen molar-refractivity contribution < 1.29 is 0 Å². The Kier molecular flexibility index (Phi) is 6.79. The summed E-state index contributed by atoms with van der Waals surface area (Å²) in [4.78, 5) is 36.8. The molecule has 32 heavy (non-hydrogen) atoms. The average Bonchev–Trinajstić information content (AvgIpc) is 3.16. The number of imidazole rings is 1. The summed E-state index contributed by atoms with van der Waals surface area (Å²) in [5.74, 6) is 0.804. The van der Waals surface area contributed by atoms with E-state index in [1.807, 2.05) is 4.57 Å². The SMILES string of the molecule is CCCCCCn1c(N2CCN(Cc3cccc(C)c3)CC2)nc2c1c(=O)[nH]c(=O)n2C. The number of fused-ring (bicyclic) bond motifs is 1. The fraction of sp³-hybridized carbons (Fsp3) is 0.542. The second-order valence-electron chi connectivity index (χ2n) is 8.87. The molecule has 172 valence electrons. The fourth-order valence-electron chi connectivity index (χ4n) is 4.55. The molecule has 8 heteroatoms. The Morgan fingerprint density at radius 1 is 1.06 bits per heavy atom. The fourth-order valence-corrected chi connectivity index (χ4v) is 4.55. The normalized spacial score (nSPS) is 15.0. The minimum absolute atomic E-state index is 0.351. The van der Waals surface area contributed by atoms with Gasteiger partial charge in [0.25, 0.3) is 5.56 Å². The molecule has 1 N–H and O–H groups in total. The minimum atomic E-state index is -0.423. The molecule has 1 saturated heterocycles. The molecule has 0 saturated carbocycles. The van der Waals surface area contributed by atoms with E-state index >= 15 is 0 Å². The molecule has 8 nitrogen and oxygen atoms in total. The number of aromatic amines is 1. The first-order valence-corrected chi connectivity index (χ1v) is 11.7. The third kappa shape index (κ3) is 4.65. The van der Waals surface area contributed by atoms with Crippen molar-refractivity contribution in [3.05, 3.63) is 56.2 Å². The number of hydrogen-bond acceptors (Lipinski definition) is 5. The third-order valence-corrected chi connectivity index (χ3v) is 6.37. The number of H-pyrrole nitrogens is 1. The van der Waals surface area contributed by atoms with Crippen LogP contribution < -0.4 is 16.1 Å². The maximum Gasteiger partial charge on any atom is 0.329 e. The highest BCUT2D eigenvalue weighted by Crippen LogP contribution is 2.22. The molecule has 4 rings (SSSR count). The van der Waals surface area contributed by atoms with E-state index in [-0.39, 0.29) is 5.56 Å². The van der Waals surface area contributed by atoms with Crippen LogP contribution in [0, 0.1) is 6.92 Å². The number of aromatic nitrogens is 4. The van der Waals surface area contributed by atoms with E-state index in [1.165, 1.54) is 22.1 Å². The lowest BCUT2D eigenvalue weighted by Gasteiger charge is -2.35. The van der Waals surface area contributed by atoms with Gasteiger partial charge in [-0.1, -0.05) is 56.0 Å². The molecule has 0 amide bonds. The molecule has 0 unspecified atom stereocenters. The Morgan fingerprint density at radius 2 is 1.84 bits per heavy atom. The Morgan fingerprint density at radius 3 is 2.56 bits per heavy atom. The predicted octanol–water partition coefficient (Wildman–Crippen LogP) is 2.63. The molecule has 1 fully saturated rings. The van der Waals surface area contributed by atoms with Crippen LogP contribution in [-0.2, 0) is 20.1 Å². The van der Waals surface area contributed by atoms with E-state index in [9.17, 15) is 9.59 Å². The van der Waals surface area contributed by atoms with Crippen LogP contribution in [0.4, 0.5) is 5.95 Å². The number of hydrogen-bond donors (Lipinski definition) is 1. The summed E-state index contributed by atoms with van der Waals surface area (Å²) in [7, 11) is 1.67. The zero-order valence-electron chi connectivity index (χ0n) is 19.4. The number of benzene rings is 1. The molecule has 2 aromatic heterocycles. The van der Waals surface area contributed by atoms with Crippen LogP contribution in [0.5, 0.6) is 0 Å². The number of nitrogens with zero attached hydrogens (tertiary/aromatic N) is 5. The molecule has 1 aliphatic rings. The van der Waals surface area contributed by atoms with Gasteiger partial charge in [-0.3, -0.25) is 19.2 Å². The van der Waals surface area contributed by atoms with Crippen molar-refractivity contribution in [2.24, 2.45) is 7.05 Å². The summed E-state index contributed by atoms with van der Waals surface area (Å²) in [6, 6.07) is 8.67. The van der Waals surface area contributed by atoms with Crippen LogP contribution in [0.3, 0.4) is 0 Å². The standard InChI is InChI=1S/C24H34N6O2/c1-4-5-6-7-11-30-20-21(27(3)24(32)26-22(20)31)25-23(30)29-14-12-28(13-15-29)17-19-10-8-9-18(2)16-19/h8-10,16H,4-7,11-15,17H2,1-3H3,(H,26,31,32). The van der Waals surface area contributed by atoms with Crippen LogP contribution in [-0.4, -0.2) is 50.2 Å². The molecule has 1 aromatic carbocycles. The number of aryl methyl sites for hydroxylation is 3. The largest absolute Gasteiger partial charge is 0.340 e. The Labute approximate surface area is 188 Å². The third-order valence-electron chi connectivity index (χ3n) is 6.37. The second kappa shape index (κ2) is 9.73. The Hall–Kier alpha value is -2.87. The zero-order chi connectivity index (χ0) is 22.7. The first-order chi connectivity index (χ1) is 15.5. The highest BCUT2D eigenvalue weighted by atomic mass is 16.2. The molecule has 3 heterocycles. The number of unbranched alkanes of at least 4 members (excludes halogenated alkanes) is 3. The molecule has 0 aliphatic carbocycles. The van der Waals surface area contributed by atoms with Crippen molar-refractivity contribution in [2.45, 2.75) is 52.6 Å². The number of rotatable bonds is 8. The highest BCUT2D eigenvalue weighted by molar-refractivity contribution is 5.74. The summed E-state index contributed by atoms with van der Waals surface area (Å²) in [6.07, 6.45) is 4.44. The van der Waals surface area contributed by atoms with Gasteiger partial charge in [0.15, 0.2) is 11.2 Å². The molecular formula is C24H34N6O2. The Balaban J connectivity index is 1.56. The second-order valence-corrected chi connectivity index (χ2v) is 8.87. The zero-order valence-corrected chi connectivity index (χ0v) is 19.4. The maximum atomic E-state index is 12.7.